The van der Waals surface area contributed by atoms with Crippen LogP contribution in [0.5, 0.6) is 0 Å². The molecule has 5 nitrogen and oxygen atoms in total. The maximum Gasteiger partial charge on any atom is 0.410 e. The Morgan fingerprint density at radius 2 is 1.93 bits per heavy atom. The molecule has 1 spiro atoms. The van der Waals surface area contributed by atoms with Crippen molar-refractivity contribution >= 4 is 28.9 Å². The molecule has 2 aromatic carbocycles. The van der Waals surface area contributed by atoms with Crippen molar-refractivity contribution in [3.05, 3.63) is 47.5 Å². The van der Waals surface area contributed by atoms with Crippen molar-refractivity contribution < 1.29 is 19.1 Å². The van der Waals surface area contributed by atoms with E-state index in [1.165, 1.54) is 0 Å². The highest BCUT2D eigenvalue weighted by Gasteiger charge is 2.55. The van der Waals surface area contributed by atoms with E-state index < -0.39 is 11.3 Å². The number of aldehydes is 1. The first-order valence-electron chi connectivity index (χ1n) is 9.38. The summed E-state index contributed by atoms with van der Waals surface area (Å²) in [5.41, 5.74) is 1.47. The standard InChI is InChI=1S/C22H23NO4/c1-14(2)27-21(26)23-12-22(13-23)11-17-9-15-5-3-4-6-16(15)10-19(17)18(7-8-24)20(22)25/h3-6,8-10,14,18H,7,11-13H2,1-2H3. The van der Waals surface area contributed by atoms with E-state index in [0.717, 1.165) is 28.2 Å². The summed E-state index contributed by atoms with van der Waals surface area (Å²) in [6.07, 6.45) is 1.05. The van der Waals surface area contributed by atoms with Crippen molar-refractivity contribution in [1.82, 2.24) is 4.90 Å². The van der Waals surface area contributed by atoms with Crippen molar-refractivity contribution in [2.45, 2.75) is 38.7 Å². The van der Waals surface area contributed by atoms with E-state index in [0.29, 0.717) is 19.5 Å². The lowest BCUT2D eigenvalue weighted by Gasteiger charge is -2.52. The zero-order valence-electron chi connectivity index (χ0n) is 15.6. The minimum Gasteiger partial charge on any atom is -0.447 e. The second-order valence-corrected chi connectivity index (χ2v) is 7.96. The van der Waals surface area contributed by atoms with Crippen LogP contribution >= 0.6 is 0 Å². The van der Waals surface area contributed by atoms with Crippen molar-refractivity contribution in [3.8, 4) is 0 Å². The summed E-state index contributed by atoms with van der Waals surface area (Å²) >= 11 is 0. The topological polar surface area (TPSA) is 63.7 Å². The van der Waals surface area contributed by atoms with Crippen LogP contribution < -0.4 is 0 Å². The van der Waals surface area contributed by atoms with Crippen LogP contribution in [-0.2, 0) is 20.7 Å². The lowest BCUT2D eigenvalue weighted by Crippen LogP contribution is -2.65. The number of hydrogen-bond acceptors (Lipinski definition) is 4. The Morgan fingerprint density at radius 1 is 1.26 bits per heavy atom. The van der Waals surface area contributed by atoms with Crippen molar-refractivity contribution in [3.63, 3.8) is 0 Å². The highest BCUT2D eigenvalue weighted by Crippen LogP contribution is 2.47. The van der Waals surface area contributed by atoms with Gasteiger partial charge in [0.25, 0.3) is 0 Å². The predicted octanol–water partition coefficient (Wildman–Crippen LogP) is 3.48. The molecule has 1 amide bonds. The van der Waals surface area contributed by atoms with Gasteiger partial charge in [-0.1, -0.05) is 36.4 Å². The van der Waals surface area contributed by atoms with Gasteiger partial charge in [-0.25, -0.2) is 4.79 Å². The number of likely N-dealkylation sites (tertiary alicyclic amines) is 1. The monoisotopic (exact) mass is 365 g/mol. The Hall–Kier alpha value is -2.69. The summed E-state index contributed by atoms with van der Waals surface area (Å²) in [4.78, 5) is 38.3. The number of ether oxygens (including phenoxy) is 1. The summed E-state index contributed by atoms with van der Waals surface area (Å²) < 4.78 is 5.24. The molecular weight excluding hydrogens is 342 g/mol. The van der Waals surface area contributed by atoms with Gasteiger partial charge in [-0.05, 0) is 42.2 Å². The van der Waals surface area contributed by atoms with E-state index in [9.17, 15) is 14.4 Å². The van der Waals surface area contributed by atoms with Gasteiger partial charge in [0.2, 0.25) is 0 Å². The molecule has 27 heavy (non-hydrogen) atoms. The van der Waals surface area contributed by atoms with E-state index in [2.05, 4.69) is 12.1 Å². The molecule has 2 aromatic rings. The lowest BCUT2D eigenvalue weighted by molar-refractivity contribution is -0.141. The maximum absolute atomic E-state index is 13.3. The first-order chi connectivity index (χ1) is 12.9. The van der Waals surface area contributed by atoms with E-state index in [1.54, 1.807) is 18.7 Å². The molecule has 1 atom stereocenters. The molecule has 1 fully saturated rings. The molecule has 140 valence electrons. The fourth-order valence-electron chi connectivity index (χ4n) is 4.43. The molecule has 1 unspecified atom stereocenters. The Labute approximate surface area is 158 Å². The molecule has 1 heterocycles. The van der Waals surface area contributed by atoms with Crippen molar-refractivity contribution in [2.24, 2.45) is 5.41 Å². The largest absolute Gasteiger partial charge is 0.447 e. The minimum atomic E-state index is -0.598. The van der Waals surface area contributed by atoms with Crippen LogP contribution in [0.1, 0.15) is 37.3 Å². The Morgan fingerprint density at radius 3 is 2.56 bits per heavy atom. The molecule has 0 aromatic heterocycles. The Bertz CT molecular complexity index is 927. The van der Waals surface area contributed by atoms with Gasteiger partial charge < -0.3 is 14.4 Å². The van der Waals surface area contributed by atoms with E-state index >= 15 is 0 Å². The fourth-order valence-corrected chi connectivity index (χ4v) is 4.43. The van der Waals surface area contributed by atoms with Gasteiger partial charge in [0, 0.05) is 19.5 Å². The average Bonchev–Trinajstić information content (AvgIpc) is 2.60. The predicted molar refractivity (Wildman–Crippen MR) is 102 cm³/mol. The Balaban J connectivity index is 1.68. The average molecular weight is 365 g/mol. The van der Waals surface area contributed by atoms with Gasteiger partial charge in [0.05, 0.1) is 17.4 Å². The van der Waals surface area contributed by atoms with E-state index in [-0.39, 0.29) is 24.4 Å². The van der Waals surface area contributed by atoms with Crippen molar-refractivity contribution in [2.75, 3.05) is 13.1 Å². The van der Waals surface area contributed by atoms with Crippen molar-refractivity contribution in [1.29, 1.82) is 0 Å². The fraction of sp³-hybridized carbons (Fsp3) is 0.409. The quantitative estimate of drug-likeness (QED) is 0.781. The van der Waals surface area contributed by atoms with E-state index in [4.69, 9.17) is 4.74 Å². The molecule has 0 saturated carbocycles. The maximum atomic E-state index is 13.3. The van der Waals surface area contributed by atoms with Crippen LogP contribution in [0.25, 0.3) is 10.8 Å². The van der Waals surface area contributed by atoms with Gasteiger partial charge >= 0.3 is 6.09 Å². The number of carbonyl (C=O) groups is 3. The summed E-state index contributed by atoms with van der Waals surface area (Å²) in [7, 11) is 0. The number of Topliss-reactive ketones (excluding diaryl/α,β-unsaturated/α-hetero) is 1. The highest BCUT2D eigenvalue weighted by atomic mass is 16.6. The third-order valence-corrected chi connectivity index (χ3v) is 5.66. The van der Waals surface area contributed by atoms with Crippen LogP contribution in [-0.4, -0.2) is 42.3 Å². The lowest BCUT2D eigenvalue weighted by atomic mass is 9.61. The zero-order valence-corrected chi connectivity index (χ0v) is 15.6. The van der Waals surface area contributed by atoms with Gasteiger partial charge in [-0.15, -0.1) is 0 Å². The molecule has 0 N–H and O–H groups in total. The molecule has 1 saturated heterocycles. The van der Waals surface area contributed by atoms with Crippen LogP contribution in [0, 0.1) is 5.41 Å². The molecule has 5 heteroatoms. The normalized spacial score (nSPS) is 20.5. The molecule has 0 bridgehead atoms. The zero-order chi connectivity index (χ0) is 19.2. The summed E-state index contributed by atoms with van der Waals surface area (Å²) in [6.45, 7) is 4.33. The van der Waals surface area contributed by atoms with Crippen LogP contribution in [0.15, 0.2) is 36.4 Å². The molecule has 1 aliphatic heterocycles. The number of carbonyl (C=O) groups excluding carboxylic acids is 3. The minimum absolute atomic E-state index is 0.0750. The number of hydrogen-bond donors (Lipinski definition) is 0. The number of benzene rings is 2. The first kappa shape index (κ1) is 17.7. The molecule has 0 radical (unpaired) electrons. The number of ketones is 1. The smallest absolute Gasteiger partial charge is 0.410 e. The van der Waals surface area contributed by atoms with Gasteiger partial charge in [-0.2, -0.15) is 0 Å². The molecule has 4 rings (SSSR count). The third kappa shape index (κ3) is 2.91. The van der Waals surface area contributed by atoms with Gasteiger partial charge in [0.1, 0.15) is 6.29 Å². The van der Waals surface area contributed by atoms with Gasteiger partial charge in [-0.3, -0.25) is 4.79 Å². The molecular formula is C22H23NO4. The summed E-state index contributed by atoms with van der Waals surface area (Å²) in [5.74, 6) is -0.356. The number of nitrogens with zero attached hydrogens (tertiary/aromatic N) is 1. The van der Waals surface area contributed by atoms with Crippen LogP contribution in [0.3, 0.4) is 0 Å². The molecule has 2 aliphatic rings. The van der Waals surface area contributed by atoms with Gasteiger partial charge in [0.15, 0.2) is 5.78 Å². The number of fused-ring (bicyclic) bond motifs is 2. The van der Waals surface area contributed by atoms with Crippen LogP contribution in [0.4, 0.5) is 4.79 Å². The number of amides is 1. The first-order valence-corrected chi connectivity index (χ1v) is 9.38. The second-order valence-electron chi connectivity index (χ2n) is 7.96. The number of rotatable bonds is 3. The highest BCUT2D eigenvalue weighted by molar-refractivity contribution is 5.98. The van der Waals surface area contributed by atoms with Crippen LogP contribution in [0.2, 0.25) is 0 Å². The second kappa shape index (κ2) is 6.48. The van der Waals surface area contributed by atoms with E-state index in [1.807, 2.05) is 24.3 Å². The summed E-state index contributed by atoms with van der Waals surface area (Å²) in [5, 5.41) is 2.20. The molecule has 1 aliphatic carbocycles. The SMILES string of the molecule is CC(C)OC(=O)N1CC2(Cc3cc4ccccc4cc3C(CC=O)C2=O)C1. The Kier molecular flexibility index (Phi) is 4.25. The summed E-state index contributed by atoms with van der Waals surface area (Å²) in [6, 6.07) is 12.2. The third-order valence-electron chi connectivity index (χ3n) is 5.66.